The third kappa shape index (κ3) is 2.45. The van der Waals surface area contributed by atoms with Crippen LogP contribution < -0.4 is 28.9 Å². The van der Waals surface area contributed by atoms with E-state index in [4.69, 9.17) is 28.9 Å². The quantitative estimate of drug-likeness (QED) is 0.134. The molecule has 0 spiro atoms. The number of rotatable bonds is 1. The third-order valence-electron chi connectivity index (χ3n) is 0.447. The molecule has 0 fully saturated rings. The van der Waals surface area contributed by atoms with Crippen molar-refractivity contribution in [1.82, 2.24) is 5.12 Å². The van der Waals surface area contributed by atoms with Crippen LogP contribution in [0.2, 0.25) is 0 Å². The fraction of sp³-hybridized carbons (Fsp3) is 1.00. The van der Waals surface area contributed by atoms with E-state index in [1.165, 1.54) is 0 Å². The molecule has 7 heavy (non-hydrogen) atoms. The second-order valence-corrected chi connectivity index (χ2v) is 1.29. The molecule has 0 unspecified atom stereocenters. The first-order valence-corrected chi connectivity index (χ1v) is 1.61. The van der Waals surface area contributed by atoms with Crippen LogP contribution in [0.25, 0.3) is 0 Å². The van der Waals surface area contributed by atoms with E-state index in [9.17, 15) is 0 Å². The zero-order valence-electron chi connectivity index (χ0n) is 3.83. The summed E-state index contributed by atoms with van der Waals surface area (Å²) in [7, 11) is 0. The number of hydrazine groups is 2. The Balaban J connectivity index is 3.54. The number of hydrogen-bond acceptors (Lipinski definition) is 6. The first kappa shape index (κ1) is 6.76. The zero-order valence-corrected chi connectivity index (χ0v) is 3.83. The summed E-state index contributed by atoms with van der Waals surface area (Å²) >= 11 is 0. The molecule has 10 N–H and O–H groups in total. The predicted molar refractivity (Wildman–Crippen MR) is 25.5 cm³/mol. The van der Waals surface area contributed by atoms with Crippen LogP contribution in [-0.2, 0) is 0 Å². The Labute approximate surface area is 41.1 Å². The van der Waals surface area contributed by atoms with Crippen molar-refractivity contribution in [3.63, 3.8) is 0 Å². The van der Waals surface area contributed by atoms with Crippen molar-refractivity contribution in [2.45, 2.75) is 5.91 Å². The first-order chi connectivity index (χ1) is 2.94. The summed E-state index contributed by atoms with van der Waals surface area (Å²) in [6.45, 7) is 0. The lowest BCUT2D eigenvalue weighted by Gasteiger charge is -2.24. The van der Waals surface area contributed by atoms with Gasteiger partial charge in [-0.25, -0.2) is 0 Å². The lowest BCUT2D eigenvalue weighted by atomic mass is 10.7. The minimum absolute atomic E-state index is 0.521. The molecular weight excluding hydrogens is 96.1 g/mol. The molecule has 0 aliphatic rings. The minimum Gasteiger partial charge on any atom is -0.286 e. The maximum absolute atomic E-state index is 4.91. The largest absolute Gasteiger partial charge is 0.286 e. The summed E-state index contributed by atoms with van der Waals surface area (Å²) in [6, 6.07) is 0. The Bertz CT molecular complexity index is 49.7. The summed E-state index contributed by atoms with van der Waals surface area (Å²) < 4.78 is 0. The van der Waals surface area contributed by atoms with Gasteiger partial charge in [0.2, 0.25) is 5.91 Å². The number of nitrogens with zero attached hydrogens (tertiary/aromatic N) is 1. The van der Waals surface area contributed by atoms with Crippen LogP contribution in [0, 0.1) is 0 Å². The summed E-state index contributed by atoms with van der Waals surface area (Å²) in [5.74, 6) is 8.00. The highest BCUT2D eigenvalue weighted by atomic mass is 15.7. The SMILES string of the molecule is NN(N)C(N)(N)N. The Hall–Kier alpha value is -0.240. The van der Waals surface area contributed by atoms with E-state index in [0.717, 1.165) is 0 Å². The molecule has 0 aromatic heterocycles. The molecule has 0 saturated heterocycles. The standard InChI is InChI=1S/CH10N6/c2-1(3,4)7(5)6/h2-6H2. The van der Waals surface area contributed by atoms with Crippen LogP contribution in [0.15, 0.2) is 0 Å². The van der Waals surface area contributed by atoms with Crippen LogP contribution in [0.3, 0.4) is 0 Å². The average Bonchev–Trinajstić information content (AvgIpc) is 1.31. The van der Waals surface area contributed by atoms with Crippen molar-refractivity contribution in [2.24, 2.45) is 28.9 Å². The second kappa shape index (κ2) is 1.70. The van der Waals surface area contributed by atoms with E-state index in [-0.39, 0.29) is 0 Å². The molecule has 44 valence electrons. The van der Waals surface area contributed by atoms with Gasteiger partial charge in [-0.2, -0.15) is 0 Å². The summed E-state index contributed by atoms with van der Waals surface area (Å²) in [5, 5.41) is 0.521. The van der Waals surface area contributed by atoms with Gasteiger partial charge in [0.25, 0.3) is 0 Å². The summed E-state index contributed by atoms with van der Waals surface area (Å²) in [6.07, 6.45) is 0. The molecule has 0 atom stereocenters. The Morgan fingerprint density at radius 2 is 1.14 bits per heavy atom. The van der Waals surface area contributed by atoms with Crippen LogP contribution in [0.1, 0.15) is 0 Å². The van der Waals surface area contributed by atoms with Crippen LogP contribution >= 0.6 is 0 Å². The Kier molecular flexibility index (Phi) is 1.64. The summed E-state index contributed by atoms with van der Waals surface area (Å²) in [4.78, 5) is 0. The van der Waals surface area contributed by atoms with E-state index >= 15 is 0 Å². The molecule has 0 aliphatic carbocycles. The molecule has 0 amide bonds. The normalized spacial score (nSPS) is 12.9. The first-order valence-electron chi connectivity index (χ1n) is 1.61. The average molecular weight is 106 g/mol. The van der Waals surface area contributed by atoms with Crippen molar-refractivity contribution in [2.75, 3.05) is 0 Å². The van der Waals surface area contributed by atoms with Crippen molar-refractivity contribution in [3.05, 3.63) is 0 Å². The van der Waals surface area contributed by atoms with Gasteiger partial charge < -0.3 is 0 Å². The second-order valence-electron chi connectivity index (χ2n) is 1.29. The molecule has 0 saturated carbocycles. The smallest absolute Gasteiger partial charge is 0.202 e. The van der Waals surface area contributed by atoms with Gasteiger partial charge >= 0.3 is 0 Å². The highest BCUT2D eigenvalue weighted by Crippen LogP contribution is 1.69. The van der Waals surface area contributed by atoms with Crippen molar-refractivity contribution >= 4 is 0 Å². The highest BCUT2D eigenvalue weighted by molar-refractivity contribution is 4.57. The van der Waals surface area contributed by atoms with Gasteiger partial charge in [-0.1, -0.05) is 0 Å². The fourth-order valence-electron chi connectivity index (χ4n) is 0. The zero-order chi connectivity index (χ0) is 6.08. The van der Waals surface area contributed by atoms with E-state index in [0.29, 0.717) is 5.12 Å². The molecule has 0 rings (SSSR count). The lowest BCUT2D eigenvalue weighted by molar-refractivity contribution is 0.105. The van der Waals surface area contributed by atoms with E-state index in [1.54, 1.807) is 0 Å². The minimum atomic E-state index is -1.61. The highest BCUT2D eigenvalue weighted by Gasteiger charge is 2.14. The summed E-state index contributed by atoms with van der Waals surface area (Å²) in [5.41, 5.74) is 14.7. The Morgan fingerprint density at radius 3 is 1.14 bits per heavy atom. The topological polar surface area (TPSA) is 133 Å². The fourth-order valence-corrected chi connectivity index (χ4v) is 0. The molecular formula is CH10N6. The third-order valence-corrected chi connectivity index (χ3v) is 0.447. The van der Waals surface area contributed by atoms with Gasteiger partial charge in [0.15, 0.2) is 0 Å². The van der Waals surface area contributed by atoms with Crippen LogP contribution in [-0.4, -0.2) is 11.0 Å². The van der Waals surface area contributed by atoms with Gasteiger partial charge in [-0.15, -0.1) is 5.12 Å². The molecule has 0 aromatic rings. The van der Waals surface area contributed by atoms with E-state index in [1.807, 2.05) is 0 Å². The lowest BCUT2D eigenvalue weighted by Crippen LogP contribution is -2.74. The van der Waals surface area contributed by atoms with Gasteiger partial charge in [0, 0.05) is 0 Å². The molecule has 0 radical (unpaired) electrons. The van der Waals surface area contributed by atoms with Crippen LogP contribution in [0.4, 0.5) is 0 Å². The van der Waals surface area contributed by atoms with Crippen molar-refractivity contribution in [1.29, 1.82) is 0 Å². The monoisotopic (exact) mass is 106 g/mol. The molecule has 6 heteroatoms. The van der Waals surface area contributed by atoms with Crippen LogP contribution in [0.5, 0.6) is 0 Å². The molecule has 6 nitrogen and oxygen atoms in total. The van der Waals surface area contributed by atoms with Crippen molar-refractivity contribution in [3.8, 4) is 0 Å². The predicted octanol–water partition coefficient (Wildman–Crippen LogP) is -3.48. The van der Waals surface area contributed by atoms with Crippen molar-refractivity contribution < 1.29 is 0 Å². The van der Waals surface area contributed by atoms with Gasteiger partial charge in [0.05, 0.1) is 0 Å². The molecule has 0 bridgehead atoms. The molecule has 0 aromatic carbocycles. The maximum atomic E-state index is 4.91. The van der Waals surface area contributed by atoms with Gasteiger partial charge in [0.1, 0.15) is 0 Å². The maximum Gasteiger partial charge on any atom is 0.202 e. The van der Waals surface area contributed by atoms with E-state index < -0.39 is 5.91 Å². The van der Waals surface area contributed by atoms with E-state index in [2.05, 4.69) is 0 Å². The molecule has 0 aliphatic heterocycles. The van der Waals surface area contributed by atoms with Gasteiger partial charge in [-0.3, -0.25) is 28.9 Å². The Morgan fingerprint density at radius 1 is 1.00 bits per heavy atom. The number of hydrogen-bond donors (Lipinski definition) is 5. The van der Waals surface area contributed by atoms with Gasteiger partial charge in [-0.05, 0) is 0 Å². The number of nitrogens with two attached hydrogens (primary N) is 5. The molecule has 0 heterocycles.